The average molecular weight is 272 g/mol. The first kappa shape index (κ1) is 13.2. The topological polar surface area (TPSA) is 47.3 Å². The summed E-state index contributed by atoms with van der Waals surface area (Å²) in [6, 6.07) is 6.26. The largest absolute Gasteiger partial charge is 0.485 e. The van der Waals surface area contributed by atoms with Crippen molar-refractivity contribution in [3.63, 3.8) is 0 Å². The maximum absolute atomic E-state index is 10.3. The molecule has 2 aromatic rings. The van der Waals surface area contributed by atoms with Gasteiger partial charge in [0.1, 0.15) is 11.9 Å². The maximum atomic E-state index is 10.3. The van der Waals surface area contributed by atoms with E-state index in [4.69, 9.17) is 4.74 Å². The summed E-state index contributed by atoms with van der Waals surface area (Å²) < 4.78 is 7.94. The quantitative estimate of drug-likeness (QED) is 0.912. The minimum Gasteiger partial charge on any atom is -0.485 e. The highest BCUT2D eigenvalue weighted by molar-refractivity contribution is 5.40. The highest BCUT2D eigenvalue weighted by Crippen LogP contribution is 2.41. The van der Waals surface area contributed by atoms with Crippen molar-refractivity contribution in [2.75, 3.05) is 0 Å². The number of aliphatic hydroxyl groups excluding tert-OH is 1. The Morgan fingerprint density at radius 3 is 2.90 bits per heavy atom. The van der Waals surface area contributed by atoms with Crippen molar-refractivity contribution in [2.24, 2.45) is 0 Å². The van der Waals surface area contributed by atoms with Crippen LogP contribution in [0.3, 0.4) is 0 Å². The van der Waals surface area contributed by atoms with Gasteiger partial charge in [0.2, 0.25) is 0 Å². The van der Waals surface area contributed by atoms with Crippen molar-refractivity contribution in [3.05, 3.63) is 47.3 Å². The summed E-state index contributed by atoms with van der Waals surface area (Å²) in [5.41, 5.74) is 3.04. The van der Waals surface area contributed by atoms with E-state index < -0.39 is 6.10 Å². The summed E-state index contributed by atoms with van der Waals surface area (Å²) in [5, 5.41) is 14.7. The zero-order valence-corrected chi connectivity index (χ0v) is 12.1. The molecule has 3 rings (SSSR count). The molecule has 0 saturated carbocycles. The zero-order valence-electron chi connectivity index (χ0n) is 12.1. The molecule has 0 amide bonds. The lowest BCUT2D eigenvalue weighted by Gasteiger charge is -2.29. The predicted octanol–water partition coefficient (Wildman–Crippen LogP) is 3.33. The number of rotatable bonds is 2. The summed E-state index contributed by atoms with van der Waals surface area (Å²) in [6.45, 7) is 6.20. The van der Waals surface area contributed by atoms with Gasteiger partial charge in [-0.2, -0.15) is 5.10 Å². The van der Waals surface area contributed by atoms with E-state index in [0.29, 0.717) is 12.5 Å². The van der Waals surface area contributed by atoms with Gasteiger partial charge in [-0.15, -0.1) is 0 Å². The molecule has 0 spiro atoms. The van der Waals surface area contributed by atoms with Crippen molar-refractivity contribution in [2.45, 2.75) is 45.4 Å². The Morgan fingerprint density at radius 1 is 1.40 bits per heavy atom. The van der Waals surface area contributed by atoms with E-state index in [1.807, 2.05) is 42.2 Å². The number of aromatic nitrogens is 2. The molecule has 1 aromatic carbocycles. The smallest absolute Gasteiger partial charge is 0.130 e. The molecular weight excluding hydrogens is 252 g/mol. The Kier molecular flexibility index (Phi) is 3.26. The Balaban J connectivity index is 1.88. The first-order valence-corrected chi connectivity index (χ1v) is 7.04. The van der Waals surface area contributed by atoms with Crippen LogP contribution in [0.2, 0.25) is 0 Å². The van der Waals surface area contributed by atoms with E-state index in [1.165, 1.54) is 0 Å². The van der Waals surface area contributed by atoms with Crippen LogP contribution in [-0.4, -0.2) is 14.9 Å². The van der Waals surface area contributed by atoms with Gasteiger partial charge < -0.3 is 9.84 Å². The third-order valence-electron chi connectivity index (χ3n) is 3.75. The maximum Gasteiger partial charge on any atom is 0.130 e. The van der Waals surface area contributed by atoms with Gasteiger partial charge in [-0.3, -0.25) is 4.68 Å². The molecular formula is C16H20N2O2. The SMILES string of the molecule is Cc1ccc2c(c1)[C@H](O)CC(c1cnn(C(C)C)c1)O2. The Hall–Kier alpha value is -1.81. The molecule has 20 heavy (non-hydrogen) atoms. The molecule has 1 aliphatic heterocycles. The van der Waals surface area contributed by atoms with Crippen LogP contribution in [0.4, 0.5) is 0 Å². The minimum atomic E-state index is -0.481. The van der Waals surface area contributed by atoms with Crippen molar-refractivity contribution in [3.8, 4) is 5.75 Å². The van der Waals surface area contributed by atoms with Gasteiger partial charge in [0, 0.05) is 29.8 Å². The summed E-state index contributed by atoms with van der Waals surface area (Å²) in [4.78, 5) is 0. The van der Waals surface area contributed by atoms with Crippen LogP contribution in [0.15, 0.2) is 30.6 Å². The molecule has 1 aliphatic rings. The van der Waals surface area contributed by atoms with Gasteiger partial charge in [-0.1, -0.05) is 11.6 Å². The zero-order chi connectivity index (χ0) is 14.3. The van der Waals surface area contributed by atoms with E-state index in [-0.39, 0.29) is 6.10 Å². The van der Waals surface area contributed by atoms with Crippen LogP contribution in [0.1, 0.15) is 55.2 Å². The van der Waals surface area contributed by atoms with Gasteiger partial charge in [0.25, 0.3) is 0 Å². The van der Waals surface area contributed by atoms with Crippen molar-refractivity contribution in [1.82, 2.24) is 9.78 Å². The van der Waals surface area contributed by atoms with E-state index in [9.17, 15) is 5.11 Å². The number of hydrogen-bond acceptors (Lipinski definition) is 3. The first-order valence-electron chi connectivity index (χ1n) is 7.04. The number of aliphatic hydroxyl groups is 1. The summed E-state index contributed by atoms with van der Waals surface area (Å²) in [5.74, 6) is 0.775. The van der Waals surface area contributed by atoms with Crippen LogP contribution in [0, 0.1) is 6.92 Å². The fraction of sp³-hybridized carbons (Fsp3) is 0.438. The van der Waals surface area contributed by atoms with Crippen molar-refractivity contribution in [1.29, 1.82) is 0 Å². The van der Waals surface area contributed by atoms with E-state index in [1.54, 1.807) is 0 Å². The summed E-state index contributed by atoms with van der Waals surface area (Å²) >= 11 is 0. The number of aryl methyl sites for hydroxylation is 1. The molecule has 4 nitrogen and oxygen atoms in total. The lowest BCUT2D eigenvalue weighted by atomic mass is 9.95. The fourth-order valence-corrected chi connectivity index (χ4v) is 2.57. The molecule has 0 radical (unpaired) electrons. The van der Waals surface area contributed by atoms with Crippen LogP contribution in [0.5, 0.6) is 5.75 Å². The first-order chi connectivity index (χ1) is 9.54. The highest BCUT2D eigenvalue weighted by Gasteiger charge is 2.29. The van der Waals surface area contributed by atoms with Crippen LogP contribution in [0.25, 0.3) is 0 Å². The summed E-state index contributed by atoms with van der Waals surface area (Å²) in [7, 11) is 0. The van der Waals surface area contributed by atoms with Gasteiger partial charge >= 0.3 is 0 Å². The van der Waals surface area contributed by atoms with Gasteiger partial charge in [0.15, 0.2) is 0 Å². The van der Waals surface area contributed by atoms with Gasteiger partial charge in [-0.05, 0) is 32.9 Å². The van der Waals surface area contributed by atoms with Crippen molar-refractivity contribution < 1.29 is 9.84 Å². The summed E-state index contributed by atoms with van der Waals surface area (Å²) in [6.07, 6.45) is 3.79. The molecule has 1 unspecified atom stereocenters. The van der Waals surface area contributed by atoms with Crippen LogP contribution >= 0.6 is 0 Å². The van der Waals surface area contributed by atoms with E-state index in [0.717, 1.165) is 22.4 Å². The van der Waals surface area contributed by atoms with E-state index >= 15 is 0 Å². The average Bonchev–Trinajstić information content (AvgIpc) is 2.89. The lowest BCUT2D eigenvalue weighted by Crippen LogP contribution is -2.18. The number of benzene rings is 1. The third-order valence-corrected chi connectivity index (χ3v) is 3.75. The predicted molar refractivity (Wildman–Crippen MR) is 76.7 cm³/mol. The van der Waals surface area contributed by atoms with Gasteiger partial charge in [0.05, 0.1) is 12.3 Å². The molecule has 0 bridgehead atoms. The lowest BCUT2D eigenvalue weighted by molar-refractivity contribution is 0.0656. The number of nitrogens with zero attached hydrogens (tertiary/aromatic N) is 2. The Morgan fingerprint density at radius 2 is 2.20 bits per heavy atom. The highest BCUT2D eigenvalue weighted by atomic mass is 16.5. The Labute approximate surface area is 119 Å². The molecule has 0 aliphatic carbocycles. The number of fused-ring (bicyclic) bond motifs is 1. The number of ether oxygens (including phenoxy) is 1. The Bertz CT molecular complexity index is 619. The van der Waals surface area contributed by atoms with E-state index in [2.05, 4.69) is 18.9 Å². The fourth-order valence-electron chi connectivity index (χ4n) is 2.57. The molecule has 2 atom stereocenters. The second kappa shape index (κ2) is 4.94. The van der Waals surface area contributed by atoms with Gasteiger partial charge in [-0.25, -0.2) is 0 Å². The molecule has 1 N–H and O–H groups in total. The number of hydrogen-bond donors (Lipinski definition) is 1. The molecule has 0 fully saturated rings. The van der Waals surface area contributed by atoms with Crippen LogP contribution < -0.4 is 4.74 Å². The second-order valence-electron chi connectivity index (χ2n) is 5.75. The minimum absolute atomic E-state index is 0.132. The third kappa shape index (κ3) is 2.31. The molecule has 2 heterocycles. The second-order valence-corrected chi connectivity index (χ2v) is 5.75. The van der Waals surface area contributed by atoms with Crippen molar-refractivity contribution >= 4 is 0 Å². The monoisotopic (exact) mass is 272 g/mol. The standard InChI is InChI=1S/C16H20N2O2/c1-10(2)18-9-12(8-17-18)16-7-14(19)13-6-11(3)4-5-15(13)20-16/h4-6,8-10,14,16,19H,7H2,1-3H3/t14-,16?/m1/s1. The molecule has 106 valence electrons. The molecule has 1 aromatic heterocycles. The van der Waals surface area contributed by atoms with Crippen LogP contribution in [-0.2, 0) is 0 Å². The molecule has 4 heteroatoms. The molecule has 0 saturated heterocycles. The normalized spacial score (nSPS) is 21.6.